The van der Waals surface area contributed by atoms with E-state index in [4.69, 9.17) is 46.4 Å². The molecule has 37 heavy (non-hydrogen) atoms. The predicted octanol–water partition coefficient (Wildman–Crippen LogP) is 9.51. The van der Waals surface area contributed by atoms with Crippen LogP contribution in [0.15, 0.2) is 82.8 Å². The van der Waals surface area contributed by atoms with Crippen molar-refractivity contribution in [3.8, 4) is 11.5 Å². The van der Waals surface area contributed by atoms with Gasteiger partial charge in [-0.05, 0) is 62.4 Å². The minimum absolute atomic E-state index is 0. The number of phenols is 2. The molecule has 2 N–H and O–H groups in total. The van der Waals surface area contributed by atoms with E-state index in [9.17, 15) is 10.2 Å². The summed E-state index contributed by atoms with van der Waals surface area (Å²) in [5.41, 5.74) is 4.93. The van der Waals surface area contributed by atoms with E-state index in [0.717, 1.165) is 11.4 Å². The molecule has 0 saturated heterocycles. The third kappa shape index (κ3) is 9.38. The van der Waals surface area contributed by atoms with E-state index in [2.05, 4.69) is 9.98 Å². The monoisotopic (exact) mass is 617 g/mol. The van der Waals surface area contributed by atoms with Crippen LogP contribution in [-0.2, 0) is 16.8 Å². The second-order valence-corrected chi connectivity index (χ2v) is 9.53. The Morgan fingerprint density at radius 1 is 0.568 bits per heavy atom. The zero-order chi connectivity index (χ0) is 26.2. The first-order chi connectivity index (χ1) is 17.1. The fourth-order valence-corrected chi connectivity index (χ4v) is 3.94. The summed E-state index contributed by atoms with van der Waals surface area (Å²) in [6, 6.07) is 21.7. The van der Waals surface area contributed by atoms with Gasteiger partial charge in [0, 0.05) is 50.4 Å². The van der Waals surface area contributed by atoms with Crippen LogP contribution < -0.4 is 0 Å². The third-order valence-electron chi connectivity index (χ3n) is 4.89. The molecule has 0 saturated carbocycles. The van der Waals surface area contributed by atoms with Crippen LogP contribution in [-0.4, -0.2) is 22.6 Å². The van der Waals surface area contributed by atoms with Crippen molar-refractivity contribution in [1.82, 2.24) is 0 Å². The molecular formula is C28H22Cl4CoN2O2. The van der Waals surface area contributed by atoms with Crippen molar-refractivity contribution in [3.05, 3.63) is 115 Å². The SMILES string of the molecule is Cc1ccc(N=Cc2cc(Cl)cc(Cl)c2O)cc1.Cc1ccc(N=Cc2cc(Cl)cc(Cl)c2O)cc1.[Co]. The van der Waals surface area contributed by atoms with Crippen molar-refractivity contribution in [3.63, 3.8) is 0 Å². The summed E-state index contributed by atoms with van der Waals surface area (Å²) in [6.45, 7) is 4.02. The number of hydrogen-bond donors (Lipinski definition) is 2. The average Bonchev–Trinajstić information content (AvgIpc) is 2.84. The molecule has 0 heterocycles. The maximum Gasteiger partial charge on any atom is 0.143 e. The van der Waals surface area contributed by atoms with Crippen molar-refractivity contribution < 1.29 is 27.0 Å². The zero-order valence-corrected chi connectivity index (χ0v) is 23.8. The molecular weight excluding hydrogens is 597 g/mol. The van der Waals surface area contributed by atoms with Crippen LogP contribution >= 0.6 is 46.4 Å². The van der Waals surface area contributed by atoms with Crippen LogP contribution in [0.25, 0.3) is 0 Å². The molecule has 4 nitrogen and oxygen atoms in total. The molecule has 0 spiro atoms. The molecule has 0 fully saturated rings. The van der Waals surface area contributed by atoms with Gasteiger partial charge in [-0.15, -0.1) is 0 Å². The first kappa shape index (κ1) is 30.7. The van der Waals surface area contributed by atoms with Crippen LogP contribution in [0.5, 0.6) is 11.5 Å². The Kier molecular flexibility index (Phi) is 12.0. The number of phenolic OH excluding ortho intramolecular Hbond substituents is 2. The molecule has 0 aromatic heterocycles. The van der Waals surface area contributed by atoms with Crippen molar-refractivity contribution in [1.29, 1.82) is 0 Å². The van der Waals surface area contributed by atoms with Gasteiger partial charge in [0.2, 0.25) is 0 Å². The molecule has 0 aliphatic heterocycles. The predicted molar refractivity (Wildman–Crippen MR) is 153 cm³/mol. The number of aryl methyl sites for hydroxylation is 2. The van der Waals surface area contributed by atoms with Gasteiger partial charge in [-0.2, -0.15) is 0 Å². The number of halogens is 4. The smallest absolute Gasteiger partial charge is 0.143 e. The van der Waals surface area contributed by atoms with Gasteiger partial charge in [0.05, 0.1) is 21.4 Å². The molecule has 9 heteroatoms. The summed E-state index contributed by atoms with van der Waals surface area (Å²) in [7, 11) is 0. The van der Waals surface area contributed by atoms with Gasteiger partial charge < -0.3 is 10.2 Å². The second kappa shape index (κ2) is 14.4. The Hall–Kier alpha value is -2.51. The average molecular weight is 619 g/mol. The van der Waals surface area contributed by atoms with Gasteiger partial charge in [0.15, 0.2) is 0 Å². The van der Waals surface area contributed by atoms with E-state index in [0.29, 0.717) is 21.2 Å². The Labute approximate surface area is 246 Å². The molecule has 4 rings (SSSR count). The van der Waals surface area contributed by atoms with Gasteiger partial charge in [0.1, 0.15) is 11.5 Å². The molecule has 0 aliphatic rings. The van der Waals surface area contributed by atoms with E-state index in [1.807, 2.05) is 62.4 Å². The van der Waals surface area contributed by atoms with Crippen molar-refractivity contribution in [2.24, 2.45) is 9.98 Å². The molecule has 0 bridgehead atoms. The second-order valence-electron chi connectivity index (χ2n) is 7.84. The molecule has 0 amide bonds. The fourth-order valence-electron chi connectivity index (χ4n) is 2.92. The Balaban J connectivity index is 0.000000253. The first-order valence-electron chi connectivity index (χ1n) is 10.7. The van der Waals surface area contributed by atoms with Gasteiger partial charge >= 0.3 is 0 Å². The maximum absolute atomic E-state index is 9.76. The van der Waals surface area contributed by atoms with Gasteiger partial charge in [0.25, 0.3) is 0 Å². The van der Waals surface area contributed by atoms with Crippen molar-refractivity contribution in [2.75, 3.05) is 0 Å². The van der Waals surface area contributed by atoms with Gasteiger partial charge in [-0.25, -0.2) is 0 Å². The number of aliphatic imine (C=N–C) groups is 2. The summed E-state index contributed by atoms with van der Waals surface area (Å²) in [4.78, 5) is 8.52. The van der Waals surface area contributed by atoms with E-state index in [1.165, 1.54) is 35.7 Å². The standard InChI is InChI=1S/2C14H11Cl2NO.Co/c2*1-9-2-4-12(5-3-9)17-8-10-6-11(15)7-13(16)14(10)18;/h2*2-8,18H,1H3;. The third-order valence-corrected chi connectivity index (χ3v) is 5.90. The van der Waals surface area contributed by atoms with Gasteiger partial charge in [-0.1, -0.05) is 81.8 Å². The first-order valence-corrected chi connectivity index (χ1v) is 12.2. The minimum Gasteiger partial charge on any atom is -0.506 e. The molecule has 0 unspecified atom stereocenters. The van der Waals surface area contributed by atoms with E-state index in [1.54, 1.807) is 12.1 Å². The molecule has 4 aromatic carbocycles. The van der Waals surface area contributed by atoms with Gasteiger partial charge in [-0.3, -0.25) is 9.98 Å². The summed E-state index contributed by atoms with van der Waals surface area (Å²) in [6.07, 6.45) is 3.08. The summed E-state index contributed by atoms with van der Waals surface area (Å²) in [5.74, 6) is -0.0335. The fraction of sp³-hybridized carbons (Fsp3) is 0.0714. The molecule has 0 aliphatic carbocycles. The largest absolute Gasteiger partial charge is 0.506 e. The topological polar surface area (TPSA) is 65.2 Å². The number of rotatable bonds is 4. The van der Waals surface area contributed by atoms with E-state index >= 15 is 0 Å². The molecule has 0 atom stereocenters. The summed E-state index contributed by atoms with van der Waals surface area (Å²) < 4.78 is 0. The Bertz CT molecular complexity index is 1300. The molecule has 1 radical (unpaired) electrons. The Morgan fingerprint density at radius 2 is 0.892 bits per heavy atom. The normalized spacial score (nSPS) is 10.8. The summed E-state index contributed by atoms with van der Waals surface area (Å²) >= 11 is 23.4. The van der Waals surface area contributed by atoms with Crippen molar-refractivity contribution >= 4 is 70.2 Å². The number of hydrogen-bond acceptors (Lipinski definition) is 4. The Morgan fingerprint density at radius 3 is 1.22 bits per heavy atom. The van der Waals surface area contributed by atoms with Crippen LogP contribution in [0.4, 0.5) is 11.4 Å². The molecule has 4 aromatic rings. The van der Waals surface area contributed by atoms with Crippen LogP contribution in [0.1, 0.15) is 22.3 Å². The zero-order valence-electron chi connectivity index (χ0n) is 19.7. The minimum atomic E-state index is -0.0167. The van der Waals surface area contributed by atoms with E-state index in [-0.39, 0.29) is 38.3 Å². The van der Waals surface area contributed by atoms with E-state index < -0.39 is 0 Å². The van der Waals surface area contributed by atoms with Crippen LogP contribution in [0.3, 0.4) is 0 Å². The van der Waals surface area contributed by atoms with Crippen LogP contribution in [0, 0.1) is 13.8 Å². The number of aromatic hydroxyl groups is 2. The summed E-state index contributed by atoms with van der Waals surface area (Å²) in [5, 5.41) is 20.9. The van der Waals surface area contributed by atoms with Crippen LogP contribution in [0.2, 0.25) is 20.1 Å². The number of benzene rings is 4. The maximum atomic E-state index is 9.76. The number of nitrogens with zero attached hydrogens (tertiary/aromatic N) is 2. The quantitative estimate of drug-likeness (QED) is 0.224. The molecule has 193 valence electrons. The van der Waals surface area contributed by atoms with Crippen molar-refractivity contribution in [2.45, 2.75) is 13.8 Å².